The van der Waals surface area contributed by atoms with E-state index in [1.807, 2.05) is 31.7 Å². The van der Waals surface area contributed by atoms with Crippen LogP contribution in [0.1, 0.15) is 48.3 Å². The largest absolute Gasteiger partial charge is 0.361 e. The Morgan fingerprint density at radius 2 is 2.00 bits per heavy atom. The van der Waals surface area contributed by atoms with Crippen LogP contribution in [0, 0.1) is 6.92 Å². The number of carbonyl (C=O) groups excluding carboxylic acids is 2. The van der Waals surface area contributed by atoms with Gasteiger partial charge in [-0.15, -0.1) is 0 Å². The van der Waals surface area contributed by atoms with Crippen molar-refractivity contribution in [2.75, 3.05) is 39.0 Å². The van der Waals surface area contributed by atoms with Crippen LogP contribution in [0.2, 0.25) is 5.02 Å². The normalized spacial score (nSPS) is 14.2. The summed E-state index contributed by atoms with van der Waals surface area (Å²) in [5, 5.41) is 15.6. The van der Waals surface area contributed by atoms with Crippen LogP contribution in [0.4, 0.5) is 5.82 Å². The molecule has 1 aliphatic heterocycles. The van der Waals surface area contributed by atoms with Gasteiger partial charge in [-0.25, -0.2) is 4.98 Å². The van der Waals surface area contributed by atoms with Gasteiger partial charge in [0.05, 0.1) is 23.8 Å². The quantitative estimate of drug-likeness (QED) is 0.359. The van der Waals surface area contributed by atoms with Crippen molar-refractivity contribution in [2.24, 2.45) is 0 Å². The average Bonchev–Trinajstić information content (AvgIpc) is 3.35. The molecule has 2 amide bonds. The lowest BCUT2D eigenvalue weighted by molar-refractivity contribution is -0.130. The molecule has 0 bridgehead atoms. The molecule has 2 aromatic heterocycles. The van der Waals surface area contributed by atoms with Gasteiger partial charge in [-0.2, -0.15) is 5.10 Å². The molecule has 3 N–H and O–H groups in total. The Kier molecular flexibility index (Phi) is 7.85. The first-order valence-electron chi connectivity index (χ1n) is 12.7. The van der Waals surface area contributed by atoms with Crippen molar-refractivity contribution in [1.29, 1.82) is 0 Å². The number of nitrogens with zero attached hydrogens (tertiary/aromatic N) is 5. The van der Waals surface area contributed by atoms with Crippen LogP contribution in [-0.4, -0.2) is 81.1 Å². The van der Waals surface area contributed by atoms with Crippen molar-refractivity contribution in [3.63, 3.8) is 0 Å². The Labute approximate surface area is 228 Å². The highest BCUT2D eigenvalue weighted by molar-refractivity contribution is 6.32. The van der Waals surface area contributed by atoms with Crippen LogP contribution < -0.4 is 10.6 Å². The fraction of sp³-hybridized carbons (Fsp3) is 0.481. The summed E-state index contributed by atoms with van der Waals surface area (Å²) >= 11 is 6.54. The van der Waals surface area contributed by atoms with Crippen molar-refractivity contribution in [3.8, 4) is 0 Å². The van der Waals surface area contributed by atoms with Crippen molar-refractivity contribution in [3.05, 3.63) is 52.6 Å². The molecule has 204 valence electrons. The first-order valence-corrected chi connectivity index (χ1v) is 13.1. The van der Waals surface area contributed by atoms with E-state index in [2.05, 4.69) is 59.1 Å². The number of aryl methyl sites for hydroxylation is 1. The molecule has 38 heavy (non-hydrogen) atoms. The number of aromatic nitrogens is 4. The fourth-order valence-corrected chi connectivity index (χ4v) is 5.08. The summed E-state index contributed by atoms with van der Waals surface area (Å²) in [7, 11) is 3.99. The molecule has 10 nitrogen and oxygen atoms in total. The summed E-state index contributed by atoms with van der Waals surface area (Å²) < 4.78 is 1.97. The number of likely N-dealkylation sites (N-methyl/N-ethyl adjacent to an activating group) is 1. The van der Waals surface area contributed by atoms with E-state index in [-0.39, 0.29) is 23.3 Å². The zero-order valence-corrected chi connectivity index (χ0v) is 23.7. The van der Waals surface area contributed by atoms with E-state index in [0.717, 1.165) is 28.8 Å². The maximum absolute atomic E-state index is 13.3. The van der Waals surface area contributed by atoms with E-state index < -0.39 is 0 Å². The molecule has 1 aromatic carbocycles. The Hall–Kier alpha value is -3.37. The van der Waals surface area contributed by atoms with Gasteiger partial charge in [0.15, 0.2) is 5.82 Å². The summed E-state index contributed by atoms with van der Waals surface area (Å²) in [6.45, 7) is 14.4. The van der Waals surface area contributed by atoms with Crippen molar-refractivity contribution < 1.29 is 9.59 Å². The maximum Gasteiger partial charge on any atom is 0.270 e. The maximum atomic E-state index is 13.3. The number of imidazole rings is 1. The molecule has 11 heteroatoms. The van der Waals surface area contributed by atoms with Crippen LogP contribution >= 0.6 is 11.6 Å². The highest BCUT2D eigenvalue weighted by atomic mass is 35.5. The Morgan fingerprint density at radius 3 is 2.63 bits per heavy atom. The molecule has 3 heterocycles. The number of hydrogen-bond donors (Lipinski definition) is 3. The summed E-state index contributed by atoms with van der Waals surface area (Å²) in [4.78, 5) is 33.5. The van der Waals surface area contributed by atoms with Crippen LogP contribution in [0.15, 0.2) is 24.8 Å². The predicted molar refractivity (Wildman–Crippen MR) is 151 cm³/mol. The van der Waals surface area contributed by atoms with E-state index in [0.29, 0.717) is 48.4 Å². The van der Waals surface area contributed by atoms with Gasteiger partial charge in [0, 0.05) is 36.6 Å². The zero-order valence-electron chi connectivity index (χ0n) is 23.0. The summed E-state index contributed by atoms with van der Waals surface area (Å²) in [6.07, 6.45) is 1.29. The molecule has 1 saturated heterocycles. The molecule has 0 radical (unpaired) electrons. The number of carbonyl (C=O) groups is 2. The number of benzene rings is 1. The molecule has 3 aromatic rings. The van der Waals surface area contributed by atoms with E-state index >= 15 is 0 Å². The molecule has 1 aliphatic rings. The van der Waals surface area contributed by atoms with Crippen molar-refractivity contribution in [2.45, 2.75) is 52.2 Å². The van der Waals surface area contributed by atoms with Gasteiger partial charge in [0.1, 0.15) is 11.5 Å². The summed E-state index contributed by atoms with van der Waals surface area (Å²) in [6, 6.07) is 3.89. The number of fused-ring (bicyclic) bond motifs is 1. The minimum absolute atomic E-state index is 0.0937. The molecule has 4 rings (SSSR count). The predicted octanol–water partition coefficient (Wildman–Crippen LogP) is 3.32. The van der Waals surface area contributed by atoms with Gasteiger partial charge in [-0.3, -0.25) is 14.7 Å². The first kappa shape index (κ1) is 27.7. The van der Waals surface area contributed by atoms with Crippen LogP contribution in [0.3, 0.4) is 0 Å². The van der Waals surface area contributed by atoms with Crippen LogP contribution in [-0.2, 0) is 23.3 Å². The zero-order chi connectivity index (χ0) is 27.8. The molecule has 0 spiro atoms. The monoisotopic (exact) mass is 540 g/mol. The Morgan fingerprint density at radius 1 is 1.29 bits per heavy atom. The molecule has 0 aliphatic carbocycles. The highest BCUT2D eigenvalue weighted by Crippen LogP contribution is 2.34. The SMILES string of the molecule is C=CC(=O)N1CC(NC(=O)c2c(C)nc(CNc3n[nH]c4cc(Cl)c(C(C)(C)C)cc34)n2CCN(C)C)C1. The van der Waals surface area contributed by atoms with E-state index in [9.17, 15) is 9.59 Å². The smallest absolute Gasteiger partial charge is 0.270 e. The second-order valence-corrected chi connectivity index (χ2v) is 11.5. The van der Waals surface area contributed by atoms with Gasteiger partial charge in [-0.1, -0.05) is 39.0 Å². The number of rotatable bonds is 9. The number of halogens is 1. The second kappa shape index (κ2) is 10.8. The topological polar surface area (TPSA) is 111 Å². The lowest BCUT2D eigenvalue weighted by Crippen LogP contribution is -2.60. The van der Waals surface area contributed by atoms with Gasteiger partial charge >= 0.3 is 0 Å². The molecule has 0 saturated carbocycles. The van der Waals surface area contributed by atoms with E-state index in [4.69, 9.17) is 16.6 Å². The number of hydrogen-bond acceptors (Lipinski definition) is 6. The molecular weight excluding hydrogens is 504 g/mol. The number of aromatic amines is 1. The van der Waals surface area contributed by atoms with Gasteiger partial charge in [-0.05, 0) is 50.2 Å². The lowest BCUT2D eigenvalue weighted by Gasteiger charge is -2.38. The summed E-state index contributed by atoms with van der Waals surface area (Å²) in [5.41, 5.74) is 2.97. The summed E-state index contributed by atoms with van der Waals surface area (Å²) in [5.74, 6) is 1.13. The Bertz CT molecular complexity index is 1360. The van der Waals surface area contributed by atoms with E-state index in [1.165, 1.54) is 6.08 Å². The standard InChI is InChI=1S/C27H37ClN8O2/c1-8-23(37)35-14-17(15-35)31-26(38)24-16(2)30-22(36(24)10-9-34(6)7)13-29-25-18-11-19(27(3,4)5)20(28)12-21(18)32-33-25/h8,11-12,17H,1,9-10,13-15H2,2-7H3,(H,31,38)(H2,29,32,33). The van der Waals surface area contributed by atoms with Crippen molar-refractivity contribution >= 4 is 40.1 Å². The van der Waals surface area contributed by atoms with Gasteiger partial charge in [0.2, 0.25) is 5.91 Å². The fourth-order valence-electron chi connectivity index (χ4n) is 4.64. The second-order valence-electron chi connectivity index (χ2n) is 11.1. The minimum Gasteiger partial charge on any atom is -0.361 e. The molecule has 0 atom stereocenters. The first-order chi connectivity index (χ1) is 17.9. The number of anilines is 1. The van der Waals surface area contributed by atoms with Gasteiger partial charge < -0.3 is 25.0 Å². The van der Waals surface area contributed by atoms with Crippen LogP contribution in [0.5, 0.6) is 0 Å². The highest BCUT2D eigenvalue weighted by Gasteiger charge is 2.32. The average molecular weight is 541 g/mol. The number of nitrogens with one attached hydrogen (secondary N) is 3. The van der Waals surface area contributed by atoms with Crippen LogP contribution in [0.25, 0.3) is 10.9 Å². The number of likely N-dealkylation sites (tertiary alicyclic amines) is 1. The molecule has 0 unspecified atom stereocenters. The number of H-pyrrole nitrogens is 1. The third-order valence-electron chi connectivity index (χ3n) is 6.78. The number of amides is 2. The molecular formula is C27H37ClN8O2. The third kappa shape index (κ3) is 5.71. The van der Waals surface area contributed by atoms with E-state index in [1.54, 1.807) is 4.90 Å². The molecule has 1 fully saturated rings. The van der Waals surface area contributed by atoms with Gasteiger partial charge in [0.25, 0.3) is 5.91 Å². The van der Waals surface area contributed by atoms with Crippen molar-refractivity contribution in [1.82, 2.24) is 34.9 Å². The lowest BCUT2D eigenvalue weighted by atomic mass is 9.86. The Balaban J connectivity index is 1.56. The third-order valence-corrected chi connectivity index (χ3v) is 7.10. The minimum atomic E-state index is -0.189.